The van der Waals surface area contributed by atoms with Crippen LogP contribution < -0.4 is 15.5 Å². The molecule has 1 aromatic carbocycles. The van der Waals surface area contributed by atoms with Crippen LogP contribution in [0.25, 0.3) is 0 Å². The third-order valence-electron chi connectivity index (χ3n) is 4.42. The smallest absolute Gasteiger partial charge is 0.243 e. The van der Waals surface area contributed by atoms with E-state index in [1.807, 2.05) is 18.2 Å². The van der Waals surface area contributed by atoms with Gasteiger partial charge in [0.2, 0.25) is 11.8 Å². The van der Waals surface area contributed by atoms with Crippen molar-refractivity contribution in [3.63, 3.8) is 0 Å². The standard InChI is InChI=1S/C16H22N4O2/c1-17-15(21)7-9-19-8-6-12(10-19)20-11-16(22)18-13-4-2-3-5-14(13)20/h2-5,12H,6-11H2,1H3,(H,17,21)(H,18,22). The Morgan fingerprint density at radius 3 is 3.05 bits per heavy atom. The number of likely N-dealkylation sites (tertiary alicyclic amines) is 1. The summed E-state index contributed by atoms with van der Waals surface area (Å²) in [5, 5.41) is 5.58. The molecule has 0 spiro atoms. The number of nitrogens with zero attached hydrogens (tertiary/aromatic N) is 2. The van der Waals surface area contributed by atoms with Gasteiger partial charge in [-0.05, 0) is 18.6 Å². The molecule has 0 aromatic heterocycles. The van der Waals surface area contributed by atoms with Gasteiger partial charge in [-0.3, -0.25) is 9.59 Å². The summed E-state index contributed by atoms with van der Waals surface area (Å²) in [4.78, 5) is 27.8. The molecule has 3 rings (SSSR count). The van der Waals surface area contributed by atoms with Crippen LogP contribution in [0.1, 0.15) is 12.8 Å². The second-order valence-corrected chi connectivity index (χ2v) is 5.86. The average molecular weight is 302 g/mol. The third-order valence-corrected chi connectivity index (χ3v) is 4.42. The largest absolute Gasteiger partial charge is 0.359 e. The summed E-state index contributed by atoms with van der Waals surface area (Å²) >= 11 is 0. The van der Waals surface area contributed by atoms with Gasteiger partial charge in [-0.25, -0.2) is 0 Å². The predicted octanol–water partition coefficient (Wildman–Crippen LogP) is 0.656. The Hall–Kier alpha value is -2.08. The highest BCUT2D eigenvalue weighted by atomic mass is 16.2. The zero-order valence-electron chi connectivity index (χ0n) is 12.8. The first-order chi connectivity index (χ1) is 10.7. The van der Waals surface area contributed by atoms with Crippen molar-refractivity contribution >= 4 is 23.2 Å². The van der Waals surface area contributed by atoms with E-state index in [0.29, 0.717) is 19.0 Å². The number of nitrogens with one attached hydrogen (secondary N) is 2. The van der Waals surface area contributed by atoms with Gasteiger partial charge in [0.1, 0.15) is 0 Å². The lowest BCUT2D eigenvalue weighted by Gasteiger charge is -2.35. The third kappa shape index (κ3) is 3.06. The summed E-state index contributed by atoms with van der Waals surface area (Å²) in [5.74, 6) is 0.119. The molecular formula is C16H22N4O2. The van der Waals surface area contributed by atoms with Crippen molar-refractivity contribution in [1.82, 2.24) is 10.2 Å². The van der Waals surface area contributed by atoms with Gasteiger partial charge in [0.25, 0.3) is 0 Å². The van der Waals surface area contributed by atoms with E-state index in [1.165, 1.54) is 0 Å². The molecule has 1 fully saturated rings. The Kier molecular flexibility index (Phi) is 4.29. The lowest BCUT2D eigenvalue weighted by atomic mass is 10.1. The molecule has 1 aromatic rings. The second-order valence-electron chi connectivity index (χ2n) is 5.86. The number of benzene rings is 1. The number of rotatable bonds is 4. The number of hydrogen-bond acceptors (Lipinski definition) is 4. The fourth-order valence-electron chi connectivity index (χ4n) is 3.24. The van der Waals surface area contributed by atoms with Gasteiger partial charge < -0.3 is 20.4 Å². The maximum Gasteiger partial charge on any atom is 0.243 e. The van der Waals surface area contributed by atoms with Crippen molar-refractivity contribution < 1.29 is 9.59 Å². The van der Waals surface area contributed by atoms with Gasteiger partial charge in [-0.15, -0.1) is 0 Å². The Morgan fingerprint density at radius 1 is 1.41 bits per heavy atom. The van der Waals surface area contributed by atoms with E-state index in [-0.39, 0.29) is 11.8 Å². The number of anilines is 2. The number of fused-ring (bicyclic) bond motifs is 1. The quantitative estimate of drug-likeness (QED) is 0.857. The van der Waals surface area contributed by atoms with Crippen LogP contribution in [0, 0.1) is 0 Å². The van der Waals surface area contributed by atoms with Crippen molar-refractivity contribution in [1.29, 1.82) is 0 Å². The Bertz CT molecular complexity index is 575. The van der Waals surface area contributed by atoms with E-state index < -0.39 is 0 Å². The van der Waals surface area contributed by atoms with E-state index in [9.17, 15) is 9.59 Å². The molecule has 0 bridgehead atoms. The molecule has 1 atom stereocenters. The predicted molar refractivity (Wildman–Crippen MR) is 85.9 cm³/mol. The van der Waals surface area contributed by atoms with Gasteiger partial charge >= 0.3 is 0 Å². The second kappa shape index (κ2) is 6.36. The van der Waals surface area contributed by atoms with Crippen molar-refractivity contribution in [3.05, 3.63) is 24.3 Å². The fraction of sp³-hybridized carbons (Fsp3) is 0.500. The molecule has 0 radical (unpaired) electrons. The fourth-order valence-corrected chi connectivity index (χ4v) is 3.24. The number of hydrogen-bond donors (Lipinski definition) is 2. The lowest BCUT2D eigenvalue weighted by molar-refractivity contribution is -0.121. The number of amides is 2. The van der Waals surface area contributed by atoms with Crippen LogP contribution in [0.3, 0.4) is 0 Å². The minimum atomic E-state index is 0.0440. The average Bonchev–Trinajstić information content (AvgIpc) is 3.00. The highest BCUT2D eigenvalue weighted by Crippen LogP contribution is 2.32. The van der Waals surface area contributed by atoms with Gasteiger partial charge in [-0.1, -0.05) is 12.1 Å². The molecule has 2 aliphatic rings. The summed E-state index contributed by atoms with van der Waals surface area (Å²) in [7, 11) is 1.67. The molecule has 2 aliphatic heterocycles. The molecule has 1 unspecified atom stereocenters. The molecule has 0 saturated carbocycles. The summed E-state index contributed by atoms with van der Waals surface area (Å²) in [6.45, 7) is 3.06. The summed E-state index contributed by atoms with van der Waals surface area (Å²) in [6, 6.07) is 8.27. The van der Waals surface area contributed by atoms with Crippen LogP contribution in [-0.2, 0) is 9.59 Å². The van der Waals surface area contributed by atoms with Crippen molar-refractivity contribution in [2.75, 3.05) is 43.4 Å². The van der Waals surface area contributed by atoms with Gasteiger partial charge in [0.05, 0.1) is 17.9 Å². The number of carbonyl (C=O) groups excluding carboxylic acids is 2. The highest BCUT2D eigenvalue weighted by Gasteiger charge is 2.32. The van der Waals surface area contributed by atoms with Gasteiger partial charge in [0.15, 0.2) is 0 Å². The molecule has 2 N–H and O–H groups in total. The van der Waals surface area contributed by atoms with Crippen LogP contribution in [0.2, 0.25) is 0 Å². The van der Waals surface area contributed by atoms with E-state index >= 15 is 0 Å². The van der Waals surface area contributed by atoms with Crippen LogP contribution in [0.4, 0.5) is 11.4 Å². The molecule has 22 heavy (non-hydrogen) atoms. The van der Waals surface area contributed by atoms with E-state index in [4.69, 9.17) is 0 Å². The first-order valence-corrected chi connectivity index (χ1v) is 7.76. The van der Waals surface area contributed by atoms with Crippen molar-refractivity contribution in [3.8, 4) is 0 Å². The van der Waals surface area contributed by atoms with E-state index in [0.717, 1.165) is 37.4 Å². The summed E-state index contributed by atoms with van der Waals surface area (Å²) in [6.07, 6.45) is 1.55. The normalized spacial score (nSPS) is 21.4. The molecule has 0 aliphatic carbocycles. The number of para-hydroxylation sites is 2. The monoisotopic (exact) mass is 302 g/mol. The topological polar surface area (TPSA) is 64.7 Å². The van der Waals surface area contributed by atoms with Gasteiger partial charge in [-0.2, -0.15) is 0 Å². The first-order valence-electron chi connectivity index (χ1n) is 7.76. The van der Waals surface area contributed by atoms with Crippen LogP contribution in [0.15, 0.2) is 24.3 Å². The van der Waals surface area contributed by atoms with Crippen LogP contribution in [0.5, 0.6) is 0 Å². The minimum Gasteiger partial charge on any atom is -0.359 e. The zero-order valence-corrected chi connectivity index (χ0v) is 12.8. The Morgan fingerprint density at radius 2 is 2.23 bits per heavy atom. The first kappa shape index (κ1) is 14.8. The Balaban J connectivity index is 1.66. The SMILES string of the molecule is CNC(=O)CCN1CCC(N2CC(=O)Nc3ccccc32)C1. The van der Waals surface area contributed by atoms with E-state index in [2.05, 4.69) is 26.5 Å². The van der Waals surface area contributed by atoms with Crippen LogP contribution >= 0.6 is 0 Å². The molecule has 6 heteroatoms. The highest BCUT2D eigenvalue weighted by molar-refractivity contribution is 6.01. The Labute approximate surface area is 130 Å². The molecule has 2 amide bonds. The van der Waals surface area contributed by atoms with E-state index in [1.54, 1.807) is 7.05 Å². The van der Waals surface area contributed by atoms with Gasteiger partial charge in [0, 0.05) is 39.1 Å². The maximum absolute atomic E-state index is 11.9. The van der Waals surface area contributed by atoms with Crippen molar-refractivity contribution in [2.24, 2.45) is 0 Å². The minimum absolute atomic E-state index is 0.0440. The summed E-state index contributed by atoms with van der Waals surface area (Å²) in [5.41, 5.74) is 1.99. The molecular weight excluding hydrogens is 280 g/mol. The molecule has 6 nitrogen and oxygen atoms in total. The van der Waals surface area contributed by atoms with Crippen LogP contribution in [-0.4, -0.2) is 56.0 Å². The zero-order chi connectivity index (χ0) is 15.5. The van der Waals surface area contributed by atoms with Crippen molar-refractivity contribution in [2.45, 2.75) is 18.9 Å². The number of carbonyl (C=O) groups is 2. The lowest BCUT2D eigenvalue weighted by Crippen LogP contribution is -2.46. The molecule has 118 valence electrons. The molecule has 1 saturated heterocycles. The maximum atomic E-state index is 11.9. The molecule has 2 heterocycles. The summed E-state index contributed by atoms with van der Waals surface area (Å²) < 4.78 is 0.